The first-order valence-electron chi connectivity index (χ1n) is 9.07. The molecule has 0 amide bonds. The lowest BCUT2D eigenvalue weighted by molar-refractivity contribution is 0.463. The molecule has 24 heavy (non-hydrogen) atoms. The Morgan fingerprint density at radius 3 is 2.79 bits per heavy atom. The minimum atomic E-state index is 0.643. The summed E-state index contributed by atoms with van der Waals surface area (Å²) in [5.41, 5.74) is 7.01. The highest BCUT2D eigenvalue weighted by atomic mass is 15.0. The van der Waals surface area contributed by atoms with E-state index in [9.17, 15) is 0 Å². The summed E-state index contributed by atoms with van der Waals surface area (Å²) in [6, 6.07) is 15.7. The van der Waals surface area contributed by atoms with Crippen molar-refractivity contribution in [3.8, 4) is 0 Å². The maximum Gasteiger partial charge on any atom is 0.0486 e. The number of para-hydroxylation sites is 1. The molecule has 1 aliphatic rings. The van der Waals surface area contributed by atoms with E-state index in [-0.39, 0.29) is 0 Å². The second kappa shape index (κ2) is 6.45. The zero-order chi connectivity index (χ0) is 16.5. The lowest BCUT2D eigenvalue weighted by Gasteiger charge is -2.22. The Morgan fingerprint density at radius 1 is 1.12 bits per heavy atom. The normalized spacial score (nSPS) is 18.2. The van der Waals surface area contributed by atoms with Crippen LogP contribution in [0.1, 0.15) is 41.0 Å². The first-order chi connectivity index (χ1) is 11.7. The molecule has 1 fully saturated rings. The number of nitrogens with one attached hydrogen (secondary N) is 1. The average molecular weight is 318 g/mol. The van der Waals surface area contributed by atoms with Crippen molar-refractivity contribution in [2.45, 2.75) is 39.2 Å². The van der Waals surface area contributed by atoms with Crippen LogP contribution in [0.3, 0.4) is 0 Å². The number of rotatable bonds is 3. The van der Waals surface area contributed by atoms with Crippen LogP contribution in [-0.2, 0) is 6.54 Å². The van der Waals surface area contributed by atoms with Gasteiger partial charge in [-0.05, 0) is 61.9 Å². The first-order valence-corrected chi connectivity index (χ1v) is 9.07. The van der Waals surface area contributed by atoms with Gasteiger partial charge in [-0.1, -0.05) is 42.0 Å². The number of fused-ring (bicyclic) bond motifs is 1. The van der Waals surface area contributed by atoms with E-state index in [1.807, 2.05) is 0 Å². The van der Waals surface area contributed by atoms with E-state index in [1.54, 1.807) is 0 Å². The maximum absolute atomic E-state index is 3.56. The van der Waals surface area contributed by atoms with E-state index >= 15 is 0 Å². The van der Waals surface area contributed by atoms with Crippen molar-refractivity contribution < 1.29 is 0 Å². The second-order valence-electron chi connectivity index (χ2n) is 7.20. The van der Waals surface area contributed by atoms with Gasteiger partial charge >= 0.3 is 0 Å². The van der Waals surface area contributed by atoms with Crippen LogP contribution in [0, 0.1) is 13.8 Å². The molecule has 2 heterocycles. The van der Waals surface area contributed by atoms with Crippen molar-refractivity contribution in [2.24, 2.45) is 0 Å². The summed E-state index contributed by atoms with van der Waals surface area (Å²) in [6.07, 6.45) is 4.98. The molecule has 1 aromatic heterocycles. The van der Waals surface area contributed by atoms with Crippen LogP contribution in [0.5, 0.6) is 0 Å². The number of hydrogen-bond donors (Lipinski definition) is 1. The topological polar surface area (TPSA) is 17.0 Å². The number of benzene rings is 2. The lowest BCUT2D eigenvalue weighted by atomic mass is 9.91. The number of aromatic nitrogens is 1. The third kappa shape index (κ3) is 2.87. The van der Waals surface area contributed by atoms with Crippen molar-refractivity contribution in [3.63, 3.8) is 0 Å². The lowest BCUT2D eigenvalue weighted by Crippen LogP contribution is -2.28. The smallest absolute Gasteiger partial charge is 0.0486 e. The molecule has 1 saturated heterocycles. The fraction of sp³-hybridized carbons (Fsp3) is 0.364. The standard InChI is InChI=1S/C22H26N2/c1-16-9-10-19(17(2)12-16)14-24-15-21(18-6-5-11-23-13-18)20-7-3-4-8-22(20)24/h3-4,7-10,12,15,18,23H,5-6,11,13-14H2,1-2H3. The quantitative estimate of drug-likeness (QED) is 0.736. The van der Waals surface area contributed by atoms with Crippen molar-refractivity contribution in [1.29, 1.82) is 0 Å². The van der Waals surface area contributed by atoms with Crippen LogP contribution in [0.15, 0.2) is 48.7 Å². The molecule has 1 atom stereocenters. The fourth-order valence-electron chi connectivity index (χ4n) is 4.06. The van der Waals surface area contributed by atoms with Gasteiger partial charge in [0.15, 0.2) is 0 Å². The second-order valence-corrected chi connectivity index (χ2v) is 7.20. The number of aryl methyl sites for hydroxylation is 2. The Hall–Kier alpha value is -2.06. The van der Waals surface area contributed by atoms with E-state index in [1.165, 1.54) is 46.0 Å². The summed E-state index contributed by atoms with van der Waals surface area (Å²) in [4.78, 5) is 0. The molecule has 1 N–H and O–H groups in total. The third-order valence-corrected chi connectivity index (χ3v) is 5.39. The van der Waals surface area contributed by atoms with E-state index < -0.39 is 0 Å². The number of hydrogen-bond acceptors (Lipinski definition) is 1. The average Bonchev–Trinajstić information content (AvgIpc) is 2.97. The summed E-state index contributed by atoms with van der Waals surface area (Å²) in [5.74, 6) is 0.643. The molecular formula is C22H26N2. The SMILES string of the molecule is Cc1ccc(Cn2cc(C3CCCNC3)c3ccccc32)c(C)c1. The molecular weight excluding hydrogens is 292 g/mol. The molecule has 0 aliphatic carbocycles. The van der Waals surface area contributed by atoms with E-state index in [0.717, 1.165) is 19.6 Å². The number of nitrogens with zero attached hydrogens (tertiary/aromatic N) is 1. The van der Waals surface area contributed by atoms with Crippen LogP contribution in [0.2, 0.25) is 0 Å². The Balaban J connectivity index is 1.75. The van der Waals surface area contributed by atoms with Crippen molar-refractivity contribution in [3.05, 3.63) is 70.9 Å². The fourth-order valence-corrected chi connectivity index (χ4v) is 4.06. The molecule has 1 aliphatic heterocycles. The maximum atomic E-state index is 3.56. The highest BCUT2D eigenvalue weighted by molar-refractivity contribution is 5.84. The largest absolute Gasteiger partial charge is 0.343 e. The van der Waals surface area contributed by atoms with Gasteiger partial charge < -0.3 is 9.88 Å². The Morgan fingerprint density at radius 2 is 2.00 bits per heavy atom. The highest BCUT2D eigenvalue weighted by Crippen LogP contribution is 2.32. The monoisotopic (exact) mass is 318 g/mol. The summed E-state index contributed by atoms with van der Waals surface area (Å²) < 4.78 is 2.44. The van der Waals surface area contributed by atoms with Crippen molar-refractivity contribution >= 4 is 10.9 Å². The molecule has 2 aromatic carbocycles. The Labute approximate surface area is 144 Å². The molecule has 0 spiro atoms. The number of piperidine rings is 1. The van der Waals surface area contributed by atoms with Gasteiger partial charge in [-0.2, -0.15) is 0 Å². The van der Waals surface area contributed by atoms with Gasteiger partial charge in [0.05, 0.1) is 0 Å². The third-order valence-electron chi connectivity index (χ3n) is 5.39. The Bertz CT molecular complexity index is 854. The first kappa shape index (κ1) is 15.5. The zero-order valence-corrected chi connectivity index (χ0v) is 14.7. The molecule has 3 aromatic rings. The van der Waals surface area contributed by atoms with Crippen LogP contribution in [-0.4, -0.2) is 17.7 Å². The zero-order valence-electron chi connectivity index (χ0n) is 14.7. The molecule has 124 valence electrons. The van der Waals surface area contributed by atoms with E-state index in [2.05, 4.69) is 72.4 Å². The van der Waals surface area contributed by atoms with Gasteiger partial charge in [-0.15, -0.1) is 0 Å². The molecule has 1 unspecified atom stereocenters. The molecule has 0 radical (unpaired) electrons. The minimum absolute atomic E-state index is 0.643. The minimum Gasteiger partial charge on any atom is -0.343 e. The van der Waals surface area contributed by atoms with Crippen LogP contribution < -0.4 is 5.32 Å². The molecule has 2 heteroatoms. The summed E-state index contributed by atoms with van der Waals surface area (Å²) in [5, 5.41) is 4.99. The predicted molar refractivity (Wildman–Crippen MR) is 102 cm³/mol. The van der Waals surface area contributed by atoms with Crippen molar-refractivity contribution in [2.75, 3.05) is 13.1 Å². The van der Waals surface area contributed by atoms with Crippen molar-refractivity contribution in [1.82, 2.24) is 9.88 Å². The molecule has 0 bridgehead atoms. The van der Waals surface area contributed by atoms with Gasteiger partial charge in [0.2, 0.25) is 0 Å². The summed E-state index contributed by atoms with van der Waals surface area (Å²) in [6.45, 7) is 7.61. The molecule has 4 rings (SSSR count). The van der Waals surface area contributed by atoms with Gasteiger partial charge in [0.1, 0.15) is 0 Å². The van der Waals surface area contributed by atoms with E-state index in [4.69, 9.17) is 0 Å². The summed E-state index contributed by atoms with van der Waals surface area (Å²) >= 11 is 0. The van der Waals surface area contributed by atoms with Gasteiger partial charge in [0.25, 0.3) is 0 Å². The van der Waals surface area contributed by atoms with Crippen LogP contribution in [0.25, 0.3) is 10.9 Å². The summed E-state index contributed by atoms with van der Waals surface area (Å²) in [7, 11) is 0. The molecule has 2 nitrogen and oxygen atoms in total. The van der Waals surface area contributed by atoms with Gasteiger partial charge in [-0.25, -0.2) is 0 Å². The molecule has 0 saturated carbocycles. The van der Waals surface area contributed by atoms with Crippen LogP contribution in [0.4, 0.5) is 0 Å². The van der Waals surface area contributed by atoms with Gasteiger partial charge in [-0.3, -0.25) is 0 Å². The van der Waals surface area contributed by atoms with E-state index in [0.29, 0.717) is 5.92 Å². The predicted octanol–water partition coefficient (Wildman–Crippen LogP) is 4.77. The van der Waals surface area contributed by atoms with Gasteiger partial charge in [0, 0.05) is 30.2 Å². The Kier molecular flexibility index (Phi) is 4.15. The van der Waals surface area contributed by atoms with Crippen LogP contribution >= 0.6 is 0 Å². The highest BCUT2D eigenvalue weighted by Gasteiger charge is 2.20.